The molecular weight excluding hydrogens is 366 g/mol. The lowest BCUT2D eigenvalue weighted by Gasteiger charge is -2.10. The third kappa shape index (κ3) is 5.65. The smallest absolute Gasteiger partial charge is 0.274 e. The normalized spacial score (nSPS) is 10.3. The predicted molar refractivity (Wildman–Crippen MR) is 114 cm³/mol. The summed E-state index contributed by atoms with van der Waals surface area (Å²) in [5.74, 6) is 0.447. The third-order valence-electron chi connectivity index (χ3n) is 4.40. The largest absolute Gasteiger partial charge is 0.497 e. The number of rotatable bonds is 8. The van der Waals surface area contributed by atoms with E-state index in [4.69, 9.17) is 4.74 Å². The van der Waals surface area contributed by atoms with E-state index in [1.165, 1.54) is 6.92 Å². The summed E-state index contributed by atoms with van der Waals surface area (Å²) >= 11 is 0. The summed E-state index contributed by atoms with van der Waals surface area (Å²) in [6, 6.07) is 18.3. The average Bonchev–Trinajstić information content (AvgIpc) is 2.74. The lowest BCUT2D eigenvalue weighted by molar-refractivity contribution is 0.100. The lowest BCUT2D eigenvalue weighted by atomic mass is 10.1. The van der Waals surface area contributed by atoms with Crippen LogP contribution in [0.1, 0.15) is 33.3 Å². The number of aromatic nitrogens is 1. The lowest BCUT2D eigenvalue weighted by Crippen LogP contribution is -2.14. The molecule has 2 N–H and O–H groups in total. The summed E-state index contributed by atoms with van der Waals surface area (Å²) in [6.07, 6.45) is 2.41. The van der Waals surface area contributed by atoms with E-state index in [-0.39, 0.29) is 11.7 Å². The van der Waals surface area contributed by atoms with E-state index < -0.39 is 0 Å². The van der Waals surface area contributed by atoms with E-state index in [0.717, 1.165) is 23.4 Å². The SMILES string of the molecule is COc1cccc(CCNc2ccnc(C(=O)Nc3cccc(C(C)=O)c3)c2)c1. The number of carbonyl (C=O) groups is 2. The van der Waals surface area contributed by atoms with Gasteiger partial charge in [0, 0.05) is 29.7 Å². The highest BCUT2D eigenvalue weighted by Gasteiger charge is 2.10. The number of Topliss-reactive ketones (excluding diaryl/α,β-unsaturated/α-hetero) is 1. The van der Waals surface area contributed by atoms with Gasteiger partial charge in [0.25, 0.3) is 5.91 Å². The van der Waals surface area contributed by atoms with E-state index in [9.17, 15) is 9.59 Å². The number of ketones is 1. The molecule has 6 heteroatoms. The molecule has 0 aliphatic heterocycles. The average molecular weight is 389 g/mol. The quantitative estimate of drug-likeness (QED) is 0.565. The molecule has 0 fully saturated rings. The van der Waals surface area contributed by atoms with Gasteiger partial charge in [0.2, 0.25) is 0 Å². The van der Waals surface area contributed by atoms with Crippen LogP contribution in [-0.4, -0.2) is 30.3 Å². The van der Waals surface area contributed by atoms with Gasteiger partial charge < -0.3 is 15.4 Å². The van der Waals surface area contributed by atoms with Crippen molar-refractivity contribution in [3.8, 4) is 5.75 Å². The van der Waals surface area contributed by atoms with Gasteiger partial charge in [-0.2, -0.15) is 0 Å². The topological polar surface area (TPSA) is 80.3 Å². The predicted octanol–water partition coefficient (Wildman–Crippen LogP) is 4.20. The Morgan fingerprint density at radius 3 is 2.62 bits per heavy atom. The highest BCUT2D eigenvalue weighted by molar-refractivity contribution is 6.04. The minimum atomic E-state index is -0.331. The highest BCUT2D eigenvalue weighted by atomic mass is 16.5. The zero-order chi connectivity index (χ0) is 20.6. The molecule has 3 rings (SSSR count). The van der Waals surface area contributed by atoms with Gasteiger partial charge in [0.15, 0.2) is 5.78 Å². The molecule has 0 unspecified atom stereocenters. The Kier molecular flexibility index (Phi) is 6.58. The van der Waals surface area contributed by atoms with Crippen molar-refractivity contribution in [1.82, 2.24) is 4.98 Å². The molecule has 0 atom stereocenters. The second-order valence-electron chi connectivity index (χ2n) is 6.55. The molecule has 0 saturated heterocycles. The summed E-state index contributed by atoms with van der Waals surface area (Å²) < 4.78 is 5.24. The van der Waals surface area contributed by atoms with Crippen LogP contribution in [0.25, 0.3) is 0 Å². The summed E-state index contributed by atoms with van der Waals surface area (Å²) in [6.45, 7) is 2.20. The van der Waals surface area contributed by atoms with Crippen LogP contribution in [-0.2, 0) is 6.42 Å². The second-order valence-corrected chi connectivity index (χ2v) is 6.55. The number of ether oxygens (including phenoxy) is 1. The first-order valence-corrected chi connectivity index (χ1v) is 9.30. The molecule has 0 saturated carbocycles. The standard InChI is InChI=1S/C23H23N3O3/c1-16(27)18-6-4-7-20(14-18)26-23(28)22-15-19(10-12-25-22)24-11-9-17-5-3-8-21(13-17)29-2/h3-8,10,12-15H,9,11H2,1-2H3,(H,24,25)(H,26,28). The van der Waals surface area contributed by atoms with Gasteiger partial charge in [-0.15, -0.1) is 0 Å². The van der Waals surface area contributed by atoms with Crippen molar-refractivity contribution in [2.24, 2.45) is 0 Å². The van der Waals surface area contributed by atoms with Gasteiger partial charge in [0.1, 0.15) is 11.4 Å². The molecule has 0 bridgehead atoms. The number of hydrogen-bond acceptors (Lipinski definition) is 5. The first kappa shape index (κ1) is 20.1. The van der Waals surface area contributed by atoms with Crippen LogP contribution in [0.15, 0.2) is 66.9 Å². The minimum Gasteiger partial charge on any atom is -0.497 e. The number of benzene rings is 2. The fourth-order valence-electron chi connectivity index (χ4n) is 2.85. The zero-order valence-electron chi connectivity index (χ0n) is 16.4. The number of nitrogens with zero attached hydrogens (tertiary/aromatic N) is 1. The maximum absolute atomic E-state index is 12.5. The Morgan fingerprint density at radius 1 is 1.00 bits per heavy atom. The van der Waals surface area contributed by atoms with Crippen molar-refractivity contribution in [3.05, 3.63) is 83.7 Å². The van der Waals surface area contributed by atoms with Crippen molar-refractivity contribution in [2.45, 2.75) is 13.3 Å². The zero-order valence-corrected chi connectivity index (χ0v) is 16.4. The van der Waals surface area contributed by atoms with Crippen molar-refractivity contribution >= 4 is 23.1 Å². The van der Waals surface area contributed by atoms with Crippen molar-refractivity contribution in [1.29, 1.82) is 0 Å². The molecule has 0 aliphatic carbocycles. The molecule has 29 heavy (non-hydrogen) atoms. The Bertz CT molecular complexity index is 1020. The number of pyridine rings is 1. The summed E-state index contributed by atoms with van der Waals surface area (Å²) in [4.78, 5) is 28.2. The van der Waals surface area contributed by atoms with Crippen LogP contribution >= 0.6 is 0 Å². The molecule has 0 spiro atoms. The van der Waals surface area contributed by atoms with Crippen LogP contribution in [0, 0.1) is 0 Å². The number of amides is 1. The number of nitrogens with one attached hydrogen (secondary N) is 2. The third-order valence-corrected chi connectivity index (χ3v) is 4.40. The van der Waals surface area contributed by atoms with Gasteiger partial charge in [-0.05, 0) is 55.3 Å². The maximum Gasteiger partial charge on any atom is 0.274 e. The highest BCUT2D eigenvalue weighted by Crippen LogP contribution is 2.15. The first-order valence-electron chi connectivity index (χ1n) is 9.30. The molecule has 0 aliphatic rings. The fraction of sp³-hybridized carbons (Fsp3) is 0.174. The molecular formula is C23H23N3O3. The van der Waals surface area contributed by atoms with Gasteiger partial charge in [-0.3, -0.25) is 14.6 Å². The summed E-state index contributed by atoms with van der Waals surface area (Å²) in [7, 11) is 1.65. The first-order chi connectivity index (χ1) is 14.0. The van der Waals surface area contributed by atoms with Crippen LogP contribution < -0.4 is 15.4 Å². The molecule has 3 aromatic rings. The van der Waals surface area contributed by atoms with E-state index in [0.29, 0.717) is 23.5 Å². The molecule has 0 radical (unpaired) electrons. The van der Waals surface area contributed by atoms with E-state index >= 15 is 0 Å². The number of methoxy groups -OCH3 is 1. The Hall–Kier alpha value is -3.67. The van der Waals surface area contributed by atoms with Gasteiger partial charge in [0.05, 0.1) is 7.11 Å². The molecule has 1 amide bonds. The van der Waals surface area contributed by atoms with Crippen LogP contribution in [0.2, 0.25) is 0 Å². The van der Waals surface area contributed by atoms with Crippen LogP contribution in [0.3, 0.4) is 0 Å². The van der Waals surface area contributed by atoms with Crippen molar-refractivity contribution < 1.29 is 14.3 Å². The number of carbonyl (C=O) groups excluding carboxylic acids is 2. The number of anilines is 2. The monoisotopic (exact) mass is 389 g/mol. The Morgan fingerprint density at radius 2 is 1.83 bits per heavy atom. The molecule has 2 aromatic carbocycles. The van der Waals surface area contributed by atoms with Gasteiger partial charge >= 0.3 is 0 Å². The molecule has 148 valence electrons. The van der Waals surface area contributed by atoms with Gasteiger partial charge in [-0.25, -0.2) is 0 Å². The molecule has 1 aromatic heterocycles. The summed E-state index contributed by atoms with van der Waals surface area (Å²) in [5, 5.41) is 6.09. The summed E-state index contributed by atoms with van der Waals surface area (Å²) in [5.41, 5.74) is 3.37. The minimum absolute atomic E-state index is 0.0542. The molecule has 1 heterocycles. The Balaban J connectivity index is 1.60. The van der Waals surface area contributed by atoms with E-state index in [1.807, 2.05) is 30.3 Å². The van der Waals surface area contributed by atoms with E-state index in [1.54, 1.807) is 43.6 Å². The van der Waals surface area contributed by atoms with Crippen LogP contribution in [0.4, 0.5) is 11.4 Å². The van der Waals surface area contributed by atoms with E-state index in [2.05, 4.69) is 15.6 Å². The van der Waals surface area contributed by atoms with Crippen LogP contribution in [0.5, 0.6) is 5.75 Å². The maximum atomic E-state index is 12.5. The molecule has 6 nitrogen and oxygen atoms in total. The Labute approximate surface area is 169 Å². The second kappa shape index (κ2) is 9.50. The fourth-order valence-corrected chi connectivity index (χ4v) is 2.85. The van der Waals surface area contributed by atoms with Crippen molar-refractivity contribution in [2.75, 3.05) is 24.3 Å². The van der Waals surface area contributed by atoms with Gasteiger partial charge in [-0.1, -0.05) is 24.3 Å². The van der Waals surface area contributed by atoms with Crippen molar-refractivity contribution in [3.63, 3.8) is 0 Å². The number of hydrogen-bond donors (Lipinski definition) is 2.